The van der Waals surface area contributed by atoms with E-state index in [1.54, 1.807) is 0 Å². The van der Waals surface area contributed by atoms with Gasteiger partial charge in [0.1, 0.15) is 0 Å². The molecule has 106 valence electrons. The molecule has 3 rings (SSSR count). The van der Waals surface area contributed by atoms with Crippen molar-refractivity contribution in [1.29, 1.82) is 0 Å². The van der Waals surface area contributed by atoms with Crippen LogP contribution in [0.3, 0.4) is 0 Å². The minimum Gasteiger partial charge on any atom is -0.466 e. The largest absolute Gasteiger partial charge is 0.466 e. The van der Waals surface area contributed by atoms with Gasteiger partial charge in [0.15, 0.2) is 0 Å². The fourth-order valence-electron chi connectivity index (χ4n) is 3.80. The third-order valence-electron chi connectivity index (χ3n) is 4.74. The van der Waals surface area contributed by atoms with Crippen LogP contribution < -0.4 is 0 Å². The summed E-state index contributed by atoms with van der Waals surface area (Å²) < 4.78 is 5.22. The Balaban J connectivity index is 2.17. The van der Waals surface area contributed by atoms with Crippen LogP contribution in [0.1, 0.15) is 31.9 Å². The van der Waals surface area contributed by atoms with E-state index in [0.29, 0.717) is 16.7 Å². The summed E-state index contributed by atoms with van der Waals surface area (Å²) in [5.41, 5.74) is 1.16. The number of esters is 1. The number of allylic oxidation sites excluding steroid dienone is 1. The second-order valence-electron chi connectivity index (χ2n) is 5.89. The summed E-state index contributed by atoms with van der Waals surface area (Å²) in [5.74, 6) is -0.475. The zero-order chi connectivity index (χ0) is 14.7. The molecule has 0 N–H and O–H groups in total. The second-order valence-corrected chi connectivity index (χ2v) is 6.64. The van der Waals surface area contributed by atoms with E-state index < -0.39 is 5.41 Å². The lowest BCUT2D eigenvalue weighted by Crippen LogP contribution is -2.16. The molecule has 0 radical (unpaired) electrons. The van der Waals surface area contributed by atoms with Crippen LogP contribution in [0.2, 0.25) is 0 Å². The third-order valence-corrected chi connectivity index (χ3v) is 5.71. The predicted molar refractivity (Wildman–Crippen MR) is 80.7 cm³/mol. The van der Waals surface area contributed by atoms with E-state index in [2.05, 4.69) is 0 Å². The van der Waals surface area contributed by atoms with Crippen molar-refractivity contribution in [2.45, 2.75) is 26.2 Å². The zero-order valence-corrected chi connectivity index (χ0v) is 13.2. The third kappa shape index (κ3) is 1.39. The van der Waals surface area contributed by atoms with Crippen LogP contribution in [0.25, 0.3) is 5.03 Å². The normalized spacial score (nSPS) is 29.6. The van der Waals surface area contributed by atoms with E-state index in [1.165, 1.54) is 0 Å². The molecule has 0 saturated heterocycles. The van der Waals surface area contributed by atoms with Gasteiger partial charge in [-0.2, -0.15) is 0 Å². The Morgan fingerprint density at radius 2 is 1.95 bits per heavy atom. The van der Waals surface area contributed by atoms with Gasteiger partial charge in [-0.1, -0.05) is 61.3 Å². The molecule has 1 aromatic rings. The first-order valence-electron chi connectivity index (χ1n) is 6.73. The minimum atomic E-state index is -0.519. The first-order valence-corrected chi connectivity index (χ1v) is 7.48. The highest BCUT2D eigenvalue weighted by Crippen LogP contribution is 2.77. The van der Waals surface area contributed by atoms with Gasteiger partial charge in [0, 0.05) is 5.03 Å². The van der Waals surface area contributed by atoms with Crippen LogP contribution in [0.4, 0.5) is 0 Å². The Hall–Kier alpha value is -0.990. The highest BCUT2D eigenvalue weighted by Gasteiger charge is 2.79. The highest BCUT2D eigenvalue weighted by molar-refractivity contribution is 6.56. The van der Waals surface area contributed by atoms with Gasteiger partial charge in [0.2, 0.25) is 0 Å². The molecule has 0 amide bonds. The fourth-order valence-corrected chi connectivity index (χ4v) is 4.67. The van der Waals surface area contributed by atoms with Crippen molar-refractivity contribution < 1.29 is 9.53 Å². The average Bonchev–Trinajstić information content (AvgIpc) is 2.86. The number of halogens is 2. The molecule has 2 atom stereocenters. The SMILES string of the molecule is CCOC(=O)C1C(C)(C)C12C(Cl)=C(Cl)c1ccccc12. The molecular weight excluding hydrogens is 295 g/mol. The van der Waals surface area contributed by atoms with Crippen LogP contribution in [0.15, 0.2) is 29.3 Å². The summed E-state index contributed by atoms with van der Waals surface area (Å²) in [7, 11) is 0. The zero-order valence-electron chi connectivity index (χ0n) is 11.7. The van der Waals surface area contributed by atoms with Crippen molar-refractivity contribution in [3.05, 3.63) is 40.4 Å². The monoisotopic (exact) mass is 310 g/mol. The summed E-state index contributed by atoms with van der Waals surface area (Å²) in [5, 5.41) is 1.13. The average molecular weight is 311 g/mol. The maximum absolute atomic E-state index is 12.3. The van der Waals surface area contributed by atoms with Crippen molar-refractivity contribution in [2.75, 3.05) is 6.61 Å². The van der Waals surface area contributed by atoms with Gasteiger partial charge in [0.25, 0.3) is 0 Å². The van der Waals surface area contributed by atoms with Crippen molar-refractivity contribution in [3.63, 3.8) is 0 Å². The maximum atomic E-state index is 12.3. The first-order chi connectivity index (χ1) is 9.40. The molecule has 2 unspecified atom stereocenters. The smallest absolute Gasteiger partial charge is 0.310 e. The molecule has 1 fully saturated rings. The number of ether oxygens (including phenoxy) is 1. The minimum absolute atomic E-state index is 0.197. The molecule has 1 saturated carbocycles. The lowest BCUT2D eigenvalue weighted by Gasteiger charge is -2.16. The van der Waals surface area contributed by atoms with E-state index in [0.717, 1.165) is 11.1 Å². The lowest BCUT2D eigenvalue weighted by molar-refractivity contribution is -0.145. The van der Waals surface area contributed by atoms with E-state index in [9.17, 15) is 4.79 Å². The molecule has 1 aromatic carbocycles. The van der Waals surface area contributed by atoms with Crippen LogP contribution in [-0.4, -0.2) is 12.6 Å². The van der Waals surface area contributed by atoms with Gasteiger partial charge in [-0.15, -0.1) is 0 Å². The van der Waals surface area contributed by atoms with Gasteiger partial charge in [-0.3, -0.25) is 4.79 Å². The Morgan fingerprint density at radius 1 is 1.30 bits per heavy atom. The Kier molecular flexibility index (Phi) is 2.97. The fraction of sp³-hybridized carbons (Fsp3) is 0.438. The van der Waals surface area contributed by atoms with Crippen LogP contribution in [0.5, 0.6) is 0 Å². The lowest BCUT2D eigenvalue weighted by atomic mass is 9.89. The summed E-state index contributed by atoms with van der Waals surface area (Å²) in [6.07, 6.45) is 0. The van der Waals surface area contributed by atoms with Crippen LogP contribution in [-0.2, 0) is 14.9 Å². The van der Waals surface area contributed by atoms with Gasteiger partial charge in [-0.05, 0) is 23.5 Å². The molecule has 0 heterocycles. The molecule has 2 aliphatic carbocycles. The molecule has 1 spiro atoms. The summed E-state index contributed by atoms with van der Waals surface area (Å²) >= 11 is 12.9. The first kappa shape index (κ1) is 14.0. The summed E-state index contributed by atoms with van der Waals surface area (Å²) in [6, 6.07) is 7.84. The molecule has 0 aliphatic heterocycles. The molecule has 0 bridgehead atoms. The van der Waals surface area contributed by atoms with Crippen LogP contribution >= 0.6 is 23.2 Å². The predicted octanol–water partition coefficient (Wildman–Crippen LogP) is 4.30. The standard InChI is InChI=1S/C16H16Cl2O2/c1-4-20-14(19)12-15(2,3)16(12)10-8-6-5-7-9(10)11(17)13(16)18/h5-8,12H,4H2,1-3H3. The van der Waals surface area contributed by atoms with Crippen molar-refractivity contribution in [3.8, 4) is 0 Å². The van der Waals surface area contributed by atoms with Gasteiger partial charge >= 0.3 is 5.97 Å². The molecule has 20 heavy (non-hydrogen) atoms. The molecule has 0 aromatic heterocycles. The van der Waals surface area contributed by atoms with Gasteiger partial charge < -0.3 is 4.74 Å². The van der Waals surface area contributed by atoms with Crippen molar-refractivity contribution in [1.82, 2.24) is 0 Å². The van der Waals surface area contributed by atoms with E-state index in [1.807, 2.05) is 45.0 Å². The van der Waals surface area contributed by atoms with E-state index in [-0.39, 0.29) is 17.3 Å². The molecule has 2 aliphatic rings. The van der Waals surface area contributed by atoms with E-state index in [4.69, 9.17) is 27.9 Å². The maximum Gasteiger partial charge on any atom is 0.310 e. The number of hydrogen-bond donors (Lipinski definition) is 0. The Morgan fingerprint density at radius 3 is 2.60 bits per heavy atom. The second kappa shape index (κ2) is 4.25. The highest BCUT2D eigenvalue weighted by atomic mass is 35.5. The number of hydrogen-bond acceptors (Lipinski definition) is 2. The number of fused-ring (bicyclic) bond motifs is 2. The summed E-state index contributed by atoms with van der Waals surface area (Å²) in [6.45, 7) is 6.28. The van der Waals surface area contributed by atoms with Crippen molar-refractivity contribution in [2.24, 2.45) is 11.3 Å². The Bertz CT molecular complexity index is 633. The number of carbonyl (C=O) groups is 1. The van der Waals surface area contributed by atoms with E-state index >= 15 is 0 Å². The Labute approximate surface area is 128 Å². The van der Waals surface area contributed by atoms with Crippen molar-refractivity contribution >= 4 is 34.2 Å². The van der Waals surface area contributed by atoms with Gasteiger partial charge in [-0.25, -0.2) is 0 Å². The molecular formula is C16H16Cl2O2. The molecule has 4 heteroatoms. The summed E-state index contributed by atoms with van der Waals surface area (Å²) in [4.78, 5) is 12.3. The van der Waals surface area contributed by atoms with Crippen LogP contribution in [0, 0.1) is 11.3 Å². The van der Waals surface area contributed by atoms with Gasteiger partial charge in [0.05, 0.1) is 23.0 Å². The molecule has 2 nitrogen and oxygen atoms in total. The number of benzene rings is 1. The number of rotatable bonds is 2. The quantitative estimate of drug-likeness (QED) is 0.761. The topological polar surface area (TPSA) is 26.3 Å². The number of carbonyl (C=O) groups excluding carboxylic acids is 1.